The SMILES string of the molecule is [BH3-]c1n(C)cc(C(F)(F)F)[n+]1C. The summed E-state index contributed by atoms with van der Waals surface area (Å²) in [5.41, 5.74) is 0.261. The molecule has 0 N–H and O–H groups in total. The summed E-state index contributed by atoms with van der Waals surface area (Å²) < 4.78 is 39.5. The third kappa shape index (κ3) is 1.33. The normalized spacial score (nSPS) is 12.2. The van der Waals surface area contributed by atoms with E-state index in [1.165, 1.54) is 11.6 Å². The van der Waals surface area contributed by atoms with E-state index >= 15 is 0 Å². The summed E-state index contributed by atoms with van der Waals surface area (Å²) in [7, 11) is 2.90. The average Bonchev–Trinajstić information content (AvgIpc) is 2.15. The van der Waals surface area contributed by atoms with Crippen LogP contribution in [0.25, 0.3) is 0 Å². The molecule has 6 heteroatoms. The molecule has 0 amide bonds. The van der Waals surface area contributed by atoms with Crippen LogP contribution in [0.3, 0.4) is 0 Å². The zero-order valence-corrected chi connectivity index (χ0v) is 6.11. The highest BCUT2D eigenvalue weighted by Crippen LogP contribution is 2.25. The van der Waals surface area contributed by atoms with Crippen LogP contribution in [0.15, 0.2) is 6.20 Å². The minimum absolute atomic E-state index is 0.211. The van der Waals surface area contributed by atoms with Crippen molar-refractivity contribution in [3.8, 4) is 0 Å². The smallest absolute Gasteiger partial charge is 0.274 e. The van der Waals surface area contributed by atoms with Gasteiger partial charge in [0.1, 0.15) is 6.20 Å². The van der Waals surface area contributed by atoms with E-state index in [1.54, 1.807) is 11.6 Å². The molecule has 12 heavy (non-hydrogen) atoms. The molecule has 0 saturated carbocycles. The van der Waals surface area contributed by atoms with Gasteiger partial charge in [-0.15, -0.1) is 0 Å². The van der Waals surface area contributed by atoms with Gasteiger partial charge in [-0.3, -0.25) is 9.13 Å². The van der Waals surface area contributed by atoms with Crippen molar-refractivity contribution < 1.29 is 17.7 Å². The molecular formula is C6H10BF3N2. The van der Waals surface area contributed by atoms with Crippen LogP contribution in [0.4, 0.5) is 13.2 Å². The highest BCUT2D eigenvalue weighted by molar-refractivity contribution is 6.27. The number of hydrogen-bond donors (Lipinski definition) is 0. The molecule has 1 rings (SSSR count). The standard InChI is InChI=1S/C6H10BF3N2/c1-11-3-4(6(8,9)10)12(2)5(11)7/h3H,1-2,7H3. The van der Waals surface area contributed by atoms with Crippen LogP contribution in [0.1, 0.15) is 5.69 Å². The second kappa shape index (κ2) is 2.53. The Kier molecular flexibility index (Phi) is 1.93. The van der Waals surface area contributed by atoms with E-state index < -0.39 is 11.9 Å². The monoisotopic (exact) mass is 178 g/mol. The number of alkyl halides is 3. The van der Waals surface area contributed by atoms with E-state index in [2.05, 4.69) is 0 Å². The lowest BCUT2D eigenvalue weighted by molar-refractivity contribution is -0.672. The van der Waals surface area contributed by atoms with Crippen molar-refractivity contribution in [2.24, 2.45) is 14.1 Å². The fourth-order valence-electron chi connectivity index (χ4n) is 0.853. The fraction of sp³-hybridized carbons (Fsp3) is 0.500. The number of rotatable bonds is 0. The summed E-state index contributed by atoms with van der Waals surface area (Å²) in [6.45, 7) is 0. The lowest BCUT2D eigenvalue weighted by Crippen LogP contribution is -2.50. The van der Waals surface area contributed by atoms with E-state index in [-0.39, 0.29) is 7.85 Å². The summed E-state index contributed by atoms with van der Waals surface area (Å²) in [5.74, 6) is 0. The minimum atomic E-state index is -4.22. The molecule has 0 aromatic carbocycles. The Hall–Kier alpha value is -0.935. The van der Waals surface area contributed by atoms with Crippen LogP contribution < -0.4 is 10.3 Å². The molecule has 0 radical (unpaired) electrons. The lowest BCUT2D eigenvalue weighted by atomic mass is 10.1. The predicted octanol–water partition coefficient (Wildman–Crippen LogP) is -1.14. The van der Waals surface area contributed by atoms with Crippen LogP contribution in [0.5, 0.6) is 0 Å². The topological polar surface area (TPSA) is 8.81 Å². The Morgan fingerprint density at radius 1 is 1.50 bits per heavy atom. The molecule has 0 fully saturated rings. The van der Waals surface area contributed by atoms with Gasteiger partial charge >= 0.3 is 6.18 Å². The van der Waals surface area contributed by atoms with Gasteiger partial charge in [0.2, 0.25) is 5.69 Å². The van der Waals surface area contributed by atoms with Crippen LogP contribution in [0, 0.1) is 0 Å². The molecular weight excluding hydrogens is 168 g/mol. The van der Waals surface area contributed by atoms with Crippen LogP contribution in [-0.4, -0.2) is 12.4 Å². The van der Waals surface area contributed by atoms with Crippen molar-refractivity contribution in [2.75, 3.05) is 0 Å². The largest absolute Gasteiger partial charge is 0.457 e. The first-order valence-corrected chi connectivity index (χ1v) is 2.93. The summed E-state index contributed by atoms with van der Waals surface area (Å²) in [6.07, 6.45) is -3.08. The molecule has 0 aliphatic heterocycles. The zero-order valence-electron chi connectivity index (χ0n) is 6.11. The van der Waals surface area contributed by atoms with Crippen molar-refractivity contribution >= 4 is 13.6 Å². The van der Waals surface area contributed by atoms with Crippen LogP contribution >= 0.6 is 0 Å². The van der Waals surface area contributed by atoms with Gasteiger partial charge < -0.3 is 0 Å². The van der Waals surface area contributed by atoms with Gasteiger partial charge in [0.15, 0.2) is 0 Å². The molecule has 0 unspecified atom stereocenters. The number of aryl methyl sites for hydroxylation is 1. The number of hydrogen-bond acceptors (Lipinski definition) is 0. The molecule has 0 spiro atoms. The minimum Gasteiger partial charge on any atom is -0.274 e. The molecule has 0 atom stereocenters. The van der Waals surface area contributed by atoms with Gasteiger partial charge in [0.05, 0.1) is 27.7 Å². The Labute approximate surface area is 69.0 Å². The summed E-state index contributed by atoms with van der Waals surface area (Å²) >= 11 is 0. The first-order valence-electron chi connectivity index (χ1n) is 2.93. The first kappa shape index (κ1) is 9.16. The van der Waals surface area contributed by atoms with E-state index in [4.69, 9.17) is 0 Å². The second-order valence-corrected chi connectivity index (χ2v) is 2.28. The molecule has 0 aliphatic rings. The fourth-order valence-corrected chi connectivity index (χ4v) is 0.853. The predicted molar refractivity (Wildman–Crippen MR) is 41.2 cm³/mol. The van der Waals surface area contributed by atoms with Crippen molar-refractivity contribution in [3.05, 3.63) is 11.9 Å². The molecule has 1 aromatic rings. The van der Waals surface area contributed by atoms with E-state index in [0.717, 1.165) is 11.9 Å². The maximum atomic E-state index is 12.2. The summed E-state index contributed by atoms with van der Waals surface area (Å²) in [4.78, 5) is 0. The highest BCUT2D eigenvalue weighted by atomic mass is 19.4. The molecule has 0 bridgehead atoms. The molecule has 68 valence electrons. The van der Waals surface area contributed by atoms with Gasteiger partial charge in [-0.1, -0.05) is 0 Å². The summed E-state index contributed by atoms with van der Waals surface area (Å²) in [5, 5.41) is 0. The van der Waals surface area contributed by atoms with Gasteiger partial charge in [-0.25, -0.2) is 0 Å². The number of imidazole rings is 1. The maximum Gasteiger partial charge on any atom is 0.457 e. The number of aromatic nitrogens is 2. The Morgan fingerprint density at radius 2 is 2.00 bits per heavy atom. The van der Waals surface area contributed by atoms with Crippen LogP contribution in [-0.2, 0) is 20.3 Å². The Balaban J connectivity index is 3.28. The third-order valence-corrected chi connectivity index (χ3v) is 1.28. The van der Waals surface area contributed by atoms with E-state index in [0.29, 0.717) is 0 Å². The lowest BCUT2D eigenvalue weighted by Gasteiger charge is -2.02. The average molecular weight is 178 g/mol. The van der Waals surface area contributed by atoms with Crippen molar-refractivity contribution in [2.45, 2.75) is 6.18 Å². The Bertz CT molecular complexity index is 302. The maximum absolute atomic E-state index is 12.2. The number of halogens is 3. The number of nitrogens with zero attached hydrogens (tertiary/aromatic N) is 2. The molecule has 2 nitrogen and oxygen atoms in total. The van der Waals surface area contributed by atoms with Gasteiger partial charge in [0, 0.05) is 0 Å². The second-order valence-electron chi connectivity index (χ2n) is 2.28. The quantitative estimate of drug-likeness (QED) is 0.350. The van der Waals surface area contributed by atoms with Gasteiger partial charge in [0.25, 0.3) is 0 Å². The Morgan fingerprint density at radius 3 is 2.17 bits per heavy atom. The highest BCUT2D eigenvalue weighted by Gasteiger charge is 2.39. The van der Waals surface area contributed by atoms with Crippen molar-refractivity contribution in [1.82, 2.24) is 4.57 Å². The summed E-state index contributed by atoms with van der Waals surface area (Å²) in [6, 6.07) is 0. The molecule has 1 heterocycles. The van der Waals surface area contributed by atoms with Gasteiger partial charge in [-0.2, -0.15) is 13.2 Å². The molecule has 1 aromatic heterocycles. The first-order chi connectivity index (χ1) is 5.34. The molecule has 0 aliphatic carbocycles. The molecule has 0 saturated heterocycles. The third-order valence-electron chi connectivity index (χ3n) is 1.28. The van der Waals surface area contributed by atoms with Crippen molar-refractivity contribution in [3.63, 3.8) is 0 Å². The van der Waals surface area contributed by atoms with Crippen molar-refractivity contribution in [1.29, 1.82) is 0 Å². The van der Waals surface area contributed by atoms with E-state index in [9.17, 15) is 13.2 Å². The van der Waals surface area contributed by atoms with Crippen LogP contribution in [0.2, 0.25) is 0 Å². The van der Waals surface area contributed by atoms with E-state index in [1.807, 2.05) is 0 Å². The van der Waals surface area contributed by atoms with Gasteiger partial charge in [-0.05, 0) is 0 Å². The zero-order chi connectivity index (χ0) is 9.52.